The fourth-order valence-corrected chi connectivity index (χ4v) is 3.69. The Labute approximate surface area is 174 Å². The van der Waals surface area contributed by atoms with Crippen LogP contribution >= 0.6 is 24.8 Å². The van der Waals surface area contributed by atoms with Gasteiger partial charge >= 0.3 is 0 Å². The first-order valence-electron chi connectivity index (χ1n) is 8.95. The largest absolute Gasteiger partial charge is 0.350 e. The number of aromatic nitrogens is 6. The average Bonchev–Trinajstić information content (AvgIpc) is 3.30. The van der Waals surface area contributed by atoms with Gasteiger partial charge in [-0.3, -0.25) is 4.57 Å². The number of imidazole rings is 2. The molecule has 1 aliphatic carbocycles. The first-order valence-corrected chi connectivity index (χ1v) is 8.95. The number of nitrogens with zero attached hydrogens (tertiary/aromatic N) is 5. The van der Waals surface area contributed by atoms with Gasteiger partial charge < -0.3 is 16.0 Å². The van der Waals surface area contributed by atoms with Gasteiger partial charge in [-0.1, -0.05) is 25.0 Å². The van der Waals surface area contributed by atoms with E-state index in [1.807, 2.05) is 28.8 Å². The second kappa shape index (κ2) is 8.30. The quantitative estimate of drug-likeness (QED) is 0.469. The van der Waals surface area contributed by atoms with Crippen molar-refractivity contribution >= 4 is 53.0 Å². The van der Waals surface area contributed by atoms with Crippen LogP contribution in [0.3, 0.4) is 0 Å². The van der Waals surface area contributed by atoms with Crippen LogP contribution < -0.4 is 11.1 Å². The maximum atomic E-state index is 6.27. The van der Waals surface area contributed by atoms with Gasteiger partial charge in [0.2, 0.25) is 5.95 Å². The predicted octanol–water partition coefficient (Wildman–Crippen LogP) is 3.22. The first-order chi connectivity index (χ1) is 12.8. The Bertz CT molecular complexity index is 1080. The van der Waals surface area contributed by atoms with Crippen molar-refractivity contribution in [3.05, 3.63) is 36.9 Å². The lowest BCUT2D eigenvalue weighted by Gasteiger charge is -2.29. The van der Waals surface area contributed by atoms with Gasteiger partial charge in [-0.15, -0.1) is 24.8 Å². The van der Waals surface area contributed by atoms with Crippen LogP contribution in [-0.4, -0.2) is 41.6 Å². The van der Waals surface area contributed by atoms with Gasteiger partial charge in [0.05, 0.1) is 17.4 Å². The number of nitrogens with one attached hydrogen (secondary N) is 2. The van der Waals surface area contributed by atoms with Crippen LogP contribution in [-0.2, 0) is 0 Å². The van der Waals surface area contributed by atoms with E-state index in [0.717, 1.165) is 35.2 Å². The van der Waals surface area contributed by atoms with Crippen LogP contribution in [0.1, 0.15) is 25.7 Å². The highest BCUT2D eigenvalue weighted by Gasteiger charge is 2.23. The van der Waals surface area contributed by atoms with Crippen LogP contribution in [0, 0.1) is 0 Å². The van der Waals surface area contributed by atoms with Crippen molar-refractivity contribution in [2.24, 2.45) is 5.73 Å². The van der Waals surface area contributed by atoms with Crippen LogP contribution in [0.4, 0.5) is 5.95 Å². The van der Waals surface area contributed by atoms with E-state index >= 15 is 0 Å². The Morgan fingerprint density at radius 2 is 1.89 bits per heavy atom. The van der Waals surface area contributed by atoms with Crippen molar-refractivity contribution < 1.29 is 0 Å². The summed E-state index contributed by atoms with van der Waals surface area (Å²) >= 11 is 0. The van der Waals surface area contributed by atoms with Crippen LogP contribution in [0.25, 0.3) is 28.0 Å². The normalized spacial score (nSPS) is 19.2. The lowest BCUT2D eigenvalue weighted by Crippen LogP contribution is -2.43. The molecule has 0 unspecified atom stereocenters. The topological polar surface area (TPSA) is 110 Å². The number of anilines is 1. The molecule has 4 N–H and O–H groups in total. The molecule has 0 spiro atoms. The minimum absolute atomic E-state index is 0. The molecular formula is C18H22Cl2N8. The Morgan fingerprint density at radius 3 is 2.75 bits per heavy atom. The molecule has 28 heavy (non-hydrogen) atoms. The lowest BCUT2D eigenvalue weighted by atomic mass is 9.91. The maximum absolute atomic E-state index is 6.27. The fraction of sp³-hybridized carbons (Fsp3) is 0.333. The first kappa shape index (κ1) is 20.3. The third-order valence-electron chi connectivity index (χ3n) is 5.08. The highest BCUT2D eigenvalue weighted by molar-refractivity contribution is 5.86. The third kappa shape index (κ3) is 3.50. The van der Waals surface area contributed by atoms with Crippen molar-refractivity contribution in [1.82, 2.24) is 29.5 Å². The average molecular weight is 421 g/mol. The van der Waals surface area contributed by atoms with Gasteiger partial charge in [-0.2, -0.15) is 9.97 Å². The molecular weight excluding hydrogens is 399 g/mol. The standard InChI is InChI=1S/C18H20N8.2ClH/c19-11-5-1-2-6-12(11)23-18-24-16-15(20-9-21-16)17(25-18)26-10-22-13-7-3-4-8-14(13)26;;/h3-4,7-12H,1-2,5-6,19H2,(H2,20,21,23,24,25);2*1H/t11-,12+;;/m0../s1. The van der Waals surface area contributed by atoms with Gasteiger partial charge in [-0.05, 0) is 25.0 Å². The molecule has 0 aliphatic heterocycles. The summed E-state index contributed by atoms with van der Waals surface area (Å²) in [5.74, 6) is 1.29. The molecule has 1 aromatic carbocycles. The molecule has 0 radical (unpaired) electrons. The SMILES string of the molecule is Cl.Cl.N[C@H]1CCCC[C@H]1Nc1nc(-n2cnc3ccccc32)c2[nH]cnc2n1. The number of aromatic amines is 1. The number of benzene rings is 1. The predicted molar refractivity (Wildman–Crippen MR) is 115 cm³/mol. The maximum Gasteiger partial charge on any atom is 0.227 e. The molecule has 8 nitrogen and oxygen atoms in total. The molecule has 2 atom stereocenters. The molecule has 5 rings (SSSR count). The lowest BCUT2D eigenvalue weighted by molar-refractivity contribution is 0.402. The van der Waals surface area contributed by atoms with Gasteiger partial charge in [0, 0.05) is 12.1 Å². The van der Waals surface area contributed by atoms with E-state index < -0.39 is 0 Å². The van der Waals surface area contributed by atoms with Crippen LogP contribution in [0.15, 0.2) is 36.9 Å². The summed E-state index contributed by atoms with van der Waals surface area (Å²) in [5, 5.41) is 3.43. The van der Waals surface area contributed by atoms with E-state index in [9.17, 15) is 0 Å². The van der Waals surface area contributed by atoms with E-state index in [2.05, 4.69) is 25.3 Å². The number of nitrogens with two attached hydrogens (primary N) is 1. The molecule has 0 bridgehead atoms. The summed E-state index contributed by atoms with van der Waals surface area (Å²) in [6.07, 6.45) is 7.84. The zero-order valence-corrected chi connectivity index (χ0v) is 16.7. The van der Waals surface area contributed by atoms with E-state index in [1.54, 1.807) is 12.7 Å². The van der Waals surface area contributed by atoms with E-state index in [1.165, 1.54) is 12.8 Å². The molecule has 0 saturated heterocycles. The Morgan fingerprint density at radius 1 is 1.07 bits per heavy atom. The monoisotopic (exact) mass is 420 g/mol. The van der Waals surface area contributed by atoms with Gasteiger partial charge in [0.25, 0.3) is 0 Å². The molecule has 1 aliphatic rings. The Kier molecular flexibility index (Phi) is 6.02. The van der Waals surface area contributed by atoms with Crippen molar-refractivity contribution in [2.45, 2.75) is 37.8 Å². The number of hydrogen-bond donors (Lipinski definition) is 3. The number of para-hydroxylation sites is 2. The van der Waals surface area contributed by atoms with Crippen molar-refractivity contribution in [3.63, 3.8) is 0 Å². The van der Waals surface area contributed by atoms with E-state index in [4.69, 9.17) is 10.7 Å². The van der Waals surface area contributed by atoms with Crippen molar-refractivity contribution in [3.8, 4) is 5.82 Å². The Balaban J connectivity index is 0.00000112. The molecule has 0 amide bonds. The van der Waals surface area contributed by atoms with Gasteiger partial charge in [-0.25, -0.2) is 9.97 Å². The summed E-state index contributed by atoms with van der Waals surface area (Å²) in [5.41, 5.74) is 9.59. The Hall–Kier alpha value is -2.42. The summed E-state index contributed by atoms with van der Waals surface area (Å²) in [4.78, 5) is 21.3. The smallest absolute Gasteiger partial charge is 0.227 e. The summed E-state index contributed by atoms with van der Waals surface area (Å²) in [6, 6.07) is 8.29. The zero-order valence-electron chi connectivity index (χ0n) is 15.1. The second-order valence-electron chi connectivity index (χ2n) is 6.77. The molecule has 4 aromatic rings. The summed E-state index contributed by atoms with van der Waals surface area (Å²) in [7, 11) is 0. The van der Waals surface area contributed by atoms with Crippen molar-refractivity contribution in [2.75, 3.05) is 5.32 Å². The number of fused-ring (bicyclic) bond motifs is 2. The minimum Gasteiger partial charge on any atom is -0.350 e. The summed E-state index contributed by atoms with van der Waals surface area (Å²) in [6.45, 7) is 0. The minimum atomic E-state index is 0. The van der Waals surface area contributed by atoms with Crippen molar-refractivity contribution in [1.29, 1.82) is 0 Å². The van der Waals surface area contributed by atoms with Crippen LogP contribution in [0.2, 0.25) is 0 Å². The number of rotatable bonds is 3. The molecule has 1 saturated carbocycles. The molecule has 3 heterocycles. The second-order valence-corrected chi connectivity index (χ2v) is 6.77. The highest BCUT2D eigenvalue weighted by atomic mass is 35.5. The highest BCUT2D eigenvalue weighted by Crippen LogP contribution is 2.24. The van der Waals surface area contributed by atoms with E-state index in [-0.39, 0.29) is 36.9 Å². The van der Waals surface area contributed by atoms with Gasteiger partial charge in [0.15, 0.2) is 11.5 Å². The van der Waals surface area contributed by atoms with Crippen LogP contribution in [0.5, 0.6) is 0 Å². The number of hydrogen-bond acceptors (Lipinski definition) is 6. The third-order valence-corrected chi connectivity index (χ3v) is 5.08. The molecule has 148 valence electrons. The molecule has 10 heteroatoms. The van der Waals surface area contributed by atoms with Gasteiger partial charge in [0.1, 0.15) is 11.8 Å². The zero-order chi connectivity index (χ0) is 17.5. The molecule has 1 fully saturated rings. The number of halogens is 2. The van der Waals surface area contributed by atoms with E-state index in [0.29, 0.717) is 11.6 Å². The number of H-pyrrole nitrogens is 1. The summed E-state index contributed by atoms with van der Waals surface area (Å²) < 4.78 is 1.96. The fourth-order valence-electron chi connectivity index (χ4n) is 3.69. The molecule has 3 aromatic heterocycles.